The Kier molecular flexibility index (Phi) is 2.62. The van der Waals surface area contributed by atoms with Gasteiger partial charge in [-0.15, -0.1) is 0 Å². The Bertz CT molecular complexity index is 607. The molecule has 0 bridgehead atoms. The van der Waals surface area contributed by atoms with Crippen LogP contribution < -0.4 is 9.47 Å². The molecule has 2 aromatic rings. The van der Waals surface area contributed by atoms with Crippen molar-refractivity contribution in [2.45, 2.75) is 32.8 Å². The van der Waals surface area contributed by atoms with E-state index in [2.05, 4.69) is 24.9 Å². The minimum Gasteiger partial charge on any atom is -0.497 e. The largest absolute Gasteiger partial charge is 0.497 e. The monoisotopic (exact) mass is 243 g/mol. The van der Waals surface area contributed by atoms with Gasteiger partial charge in [-0.3, -0.25) is 0 Å². The second-order valence-electron chi connectivity index (χ2n) is 4.87. The van der Waals surface area contributed by atoms with Crippen LogP contribution in [0.5, 0.6) is 11.6 Å². The van der Waals surface area contributed by atoms with E-state index in [1.165, 1.54) is 16.5 Å². The maximum atomic E-state index is 5.84. The van der Waals surface area contributed by atoms with E-state index < -0.39 is 0 Å². The highest BCUT2D eigenvalue weighted by molar-refractivity contribution is 5.85. The second kappa shape index (κ2) is 4.16. The Hall–Kier alpha value is -1.77. The Morgan fingerprint density at radius 2 is 2.22 bits per heavy atom. The van der Waals surface area contributed by atoms with Crippen molar-refractivity contribution in [1.82, 2.24) is 4.98 Å². The van der Waals surface area contributed by atoms with E-state index in [9.17, 15) is 0 Å². The van der Waals surface area contributed by atoms with Crippen LogP contribution >= 0.6 is 0 Å². The van der Waals surface area contributed by atoms with E-state index >= 15 is 0 Å². The van der Waals surface area contributed by atoms with Crippen LogP contribution in [0, 0.1) is 6.92 Å². The van der Waals surface area contributed by atoms with Gasteiger partial charge in [0.15, 0.2) is 0 Å². The third-order valence-corrected chi connectivity index (χ3v) is 3.66. The van der Waals surface area contributed by atoms with Gasteiger partial charge in [-0.1, -0.05) is 0 Å². The number of benzene rings is 1. The Labute approximate surface area is 107 Å². The maximum absolute atomic E-state index is 5.84. The lowest BCUT2D eigenvalue weighted by molar-refractivity contribution is 0.184. The molecule has 0 saturated carbocycles. The summed E-state index contributed by atoms with van der Waals surface area (Å²) in [4.78, 5) is 4.63. The van der Waals surface area contributed by atoms with E-state index in [1.54, 1.807) is 7.11 Å². The van der Waals surface area contributed by atoms with Gasteiger partial charge in [-0.05, 0) is 44.4 Å². The molecular formula is C15H17NO2. The summed E-state index contributed by atoms with van der Waals surface area (Å²) in [6.07, 6.45) is 2.38. The summed E-state index contributed by atoms with van der Waals surface area (Å²) in [6.45, 7) is 4.24. The number of rotatable bonds is 1. The topological polar surface area (TPSA) is 31.4 Å². The number of methoxy groups -OCH3 is 1. The first-order chi connectivity index (χ1) is 8.69. The van der Waals surface area contributed by atoms with E-state index in [0.29, 0.717) is 0 Å². The minimum atomic E-state index is 0.257. The van der Waals surface area contributed by atoms with Crippen molar-refractivity contribution in [1.29, 1.82) is 0 Å². The molecule has 2 heterocycles. The smallest absolute Gasteiger partial charge is 0.217 e. The average molecular weight is 243 g/mol. The summed E-state index contributed by atoms with van der Waals surface area (Å²) >= 11 is 0. The molecule has 94 valence electrons. The van der Waals surface area contributed by atoms with Crippen LogP contribution in [0.15, 0.2) is 18.2 Å². The number of pyridine rings is 1. The van der Waals surface area contributed by atoms with Gasteiger partial charge in [0.2, 0.25) is 5.88 Å². The van der Waals surface area contributed by atoms with Crippen LogP contribution in [-0.2, 0) is 6.42 Å². The first-order valence-corrected chi connectivity index (χ1v) is 6.33. The lowest BCUT2D eigenvalue weighted by Crippen LogP contribution is -2.20. The number of aromatic nitrogens is 1. The summed E-state index contributed by atoms with van der Waals surface area (Å²) in [7, 11) is 1.67. The summed E-state index contributed by atoms with van der Waals surface area (Å²) in [5, 5.41) is 1.19. The standard InChI is InChI=1S/C15H17NO2/c1-9-4-6-13-10(2)12-7-5-11(17-3)8-14(12)16-15(13)18-9/h5,7-9H,4,6H2,1-3H3. The number of hydrogen-bond donors (Lipinski definition) is 0. The molecule has 1 aromatic carbocycles. The number of fused-ring (bicyclic) bond motifs is 2. The zero-order valence-electron chi connectivity index (χ0n) is 11.0. The zero-order chi connectivity index (χ0) is 12.7. The van der Waals surface area contributed by atoms with Crippen LogP contribution in [0.1, 0.15) is 24.5 Å². The highest BCUT2D eigenvalue weighted by atomic mass is 16.5. The van der Waals surface area contributed by atoms with Crippen LogP contribution in [0.3, 0.4) is 0 Å². The molecule has 1 aromatic heterocycles. The molecule has 3 nitrogen and oxygen atoms in total. The van der Waals surface area contributed by atoms with Gasteiger partial charge in [-0.2, -0.15) is 0 Å². The molecule has 0 fully saturated rings. The highest BCUT2D eigenvalue weighted by Crippen LogP contribution is 2.33. The van der Waals surface area contributed by atoms with Gasteiger partial charge in [0.25, 0.3) is 0 Å². The molecular weight excluding hydrogens is 226 g/mol. The normalized spacial score (nSPS) is 18.3. The fourth-order valence-electron chi connectivity index (χ4n) is 2.54. The molecule has 0 N–H and O–H groups in total. The van der Waals surface area contributed by atoms with Crippen LogP contribution in [0.4, 0.5) is 0 Å². The van der Waals surface area contributed by atoms with Crippen LogP contribution in [-0.4, -0.2) is 18.2 Å². The van der Waals surface area contributed by atoms with Crippen molar-refractivity contribution in [2.24, 2.45) is 0 Å². The fraction of sp³-hybridized carbons (Fsp3) is 0.400. The average Bonchev–Trinajstić information content (AvgIpc) is 2.38. The van der Waals surface area contributed by atoms with Crippen LogP contribution in [0.25, 0.3) is 10.9 Å². The van der Waals surface area contributed by atoms with E-state index in [0.717, 1.165) is 30.0 Å². The fourth-order valence-corrected chi connectivity index (χ4v) is 2.54. The first-order valence-electron chi connectivity index (χ1n) is 6.33. The number of ether oxygens (including phenoxy) is 2. The molecule has 18 heavy (non-hydrogen) atoms. The SMILES string of the molecule is COc1ccc2c(C)c3c(nc2c1)OC(C)CC3. The Morgan fingerprint density at radius 1 is 1.39 bits per heavy atom. The third-order valence-electron chi connectivity index (χ3n) is 3.66. The molecule has 1 aliphatic rings. The molecule has 3 heteroatoms. The van der Waals surface area contributed by atoms with Crippen molar-refractivity contribution in [2.75, 3.05) is 7.11 Å². The van der Waals surface area contributed by atoms with E-state index in [4.69, 9.17) is 9.47 Å². The summed E-state index contributed by atoms with van der Waals surface area (Å²) in [5.41, 5.74) is 3.48. The van der Waals surface area contributed by atoms with Crippen molar-refractivity contribution in [3.8, 4) is 11.6 Å². The van der Waals surface area contributed by atoms with Gasteiger partial charge in [0.05, 0.1) is 18.7 Å². The van der Waals surface area contributed by atoms with Gasteiger partial charge in [0.1, 0.15) is 5.75 Å². The quantitative estimate of drug-likeness (QED) is 0.770. The van der Waals surface area contributed by atoms with E-state index in [1.807, 2.05) is 12.1 Å². The molecule has 0 amide bonds. The number of nitrogens with zero attached hydrogens (tertiary/aromatic N) is 1. The third kappa shape index (κ3) is 1.70. The van der Waals surface area contributed by atoms with Crippen molar-refractivity contribution >= 4 is 10.9 Å². The Balaban J connectivity index is 2.23. The van der Waals surface area contributed by atoms with Crippen molar-refractivity contribution in [3.63, 3.8) is 0 Å². The molecule has 3 rings (SSSR count). The lowest BCUT2D eigenvalue weighted by atomic mass is 9.97. The lowest BCUT2D eigenvalue weighted by Gasteiger charge is -2.24. The molecule has 0 aliphatic carbocycles. The van der Waals surface area contributed by atoms with Crippen molar-refractivity contribution in [3.05, 3.63) is 29.3 Å². The number of aryl methyl sites for hydroxylation is 1. The predicted molar refractivity (Wildman–Crippen MR) is 71.4 cm³/mol. The summed E-state index contributed by atoms with van der Waals surface area (Å²) < 4.78 is 11.1. The molecule has 1 aliphatic heterocycles. The molecule has 1 atom stereocenters. The second-order valence-corrected chi connectivity index (χ2v) is 4.87. The zero-order valence-corrected chi connectivity index (χ0v) is 11.0. The van der Waals surface area contributed by atoms with Gasteiger partial charge in [-0.25, -0.2) is 4.98 Å². The minimum absolute atomic E-state index is 0.257. The Morgan fingerprint density at radius 3 is 3.00 bits per heavy atom. The van der Waals surface area contributed by atoms with Gasteiger partial charge in [0, 0.05) is 17.0 Å². The van der Waals surface area contributed by atoms with Crippen molar-refractivity contribution < 1.29 is 9.47 Å². The first kappa shape index (κ1) is 11.3. The predicted octanol–water partition coefficient (Wildman–Crippen LogP) is 3.27. The van der Waals surface area contributed by atoms with Gasteiger partial charge < -0.3 is 9.47 Å². The summed E-state index contributed by atoms with van der Waals surface area (Å²) in [6, 6.07) is 6.02. The van der Waals surface area contributed by atoms with E-state index in [-0.39, 0.29) is 6.10 Å². The summed E-state index contributed by atoms with van der Waals surface area (Å²) in [5.74, 6) is 1.63. The molecule has 1 unspecified atom stereocenters. The molecule has 0 radical (unpaired) electrons. The van der Waals surface area contributed by atoms with Crippen LogP contribution in [0.2, 0.25) is 0 Å². The number of hydrogen-bond acceptors (Lipinski definition) is 3. The highest BCUT2D eigenvalue weighted by Gasteiger charge is 2.21. The molecule has 0 spiro atoms. The van der Waals surface area contributed by atoms with Gasteiger partial charge >= 0.3 is 0 Å². The maximum Gasteiger partial charge on any atom is 0.217 e. The molecule has 0 saturated heterocycles.